The van der Waals surface area contributed by atoms with E-state index in [1.807, 2.05) is 6.26 Å². The maximum absolute atomic E-state index is 12.6. The molecule has 13 heteroatoms. The van der Waals surface area contributed by atoms with Crippen molar-refractivity contribution in [2.75, 3.05) is 24.0 Å². The van der Waals surface area contributed by atoms with E-state index in [1.165, 1.54) is 30.4 Å². The summed E-state index contributed by atoms with van der Waals surface area (Å²) in [5.74, 6) is -2.61. The average Bonchev–Trinajstić information content (AvgIpc) is 2.71. The van der Waals surface area contributed by atoms with Gasteiger partial charge in [0.15, 0.2) is 0 Å². The molecule has 31 heavy (non-hydrogen) atoms. The van der Waals surface area contributed by atoms with Crippen molar-refractivity contribution < 1.29 is 29.1 Å². The number of nitrogens with two attached hydrogens (primary N) is 2. The monoisotopic (exact) mass is 479 g/mol. The largest absolute Gasteiger partial charge is 0.480 e. The first-order valence-electron chi connectivity index (χ1n) is 9.69. The number of carboxylic acids is 1. The number of hydrogen-bond acceptors (Lipinski definition) is 8. The van der Waals surface area contributed by atoms with Gasteiger partial charge in [-0.25, -0.2) is 4.79 Å². The van der Waals surface area contributed by atoms with Gasteiger partial charge in [0.05, 0.1) is 6.04 Å². The summed E-state index contributed by atoms with van der Waals surface area (Å²) in [5, 5.41) is 16.6. The molecule has 0 aliphatic rings. The van der Waals surface area contributed by atoms with E-state index in [1.54, 1.807) is 6.26 Å². The number of carboxylic acid groups (broad SMARTS) is 1. The number of hydrogen-bond donors (Lipinski definition) is 6. The van der Waals surface area contributed by atoms with Crippen LogP contribution in [0, 0.1) is 0 Å². The van der Waals surface area contributed by atoms with E-state index in [0.29, 0.717) is 17.9 Å². The van der Waals surface area contributed by atoms with Crippen LogP contribution in [0.3, 0.4) is 0 Å². The predicted octanol–water partition coefficient (Wildman–Crippen LogP) is -1.36. The molecule has 8 N–H and O–H groups in total. The normalized spacial score (nSPS) is 14.6. The summed E-state index contributed by atoms with van der Waals surface area (Å²) < 4.78 is 0. The lowest BCUT2D eigenvalue weighted by atomic mass is 10.1. The van der Waals surface area contributed by atoms with E-state index in [-0.39, 0.29) is 19.3 Å². The Hall–Kier alpha value is -1.99. The van der Waals surface area contributed by atoms with Gasteiger partial charge in [0.1, 0.15) is 18.1 Å². The first-order chi connectivity index (χ1) is 14.5. The summed E-state index contributed by atoms with van der Waals surface area (Å²) in [6, 6.07) is -4.10. The molecular formula is C18H33N5O6S2. The lowest BCUT2D eigenvalue weighted by Gasteiger charge is -2.23. The molecule has 4 unspecified atom stereocenters. The first-order valence-corrected chi connectivity index (χ1v) is 12.5. The van der Waals surface area contributed by atoms with Crippen molar-refractivity contribution in [3.63, 3.8) is 0 Å². The lowest BCUT2D eigenvalue weighted by Crippen LogP contribution is -2.56. The number of rotatable bonds is 16. The number of aliphatic carboxylic acids is 1. The molecule has 0 aromatic carbocycles. The number of carbonyl (C=O) groups excluding carboxylic acids is 4. The van der Waals surface area contributed by atoms with Crippen molar-refractivity contribution in [3.8, 4) is 0 Å². The minimum Gasteiger partial charge on any atom is -0.480 e. The standard InChI is InChI=1S/C18H33N5O6S2/c1-10(21-16(26)11(19)6-8-30-2)15(25)22-12(4-5-14(20)24)17(27)23-13(18(28)29)7-9-31-3/h10-13H,4-9,19H2,1-3H3,(H2,20,24)(H,21,26)(H,22,25)(H,23,27)(H,28,29). The third-order valence-corrected chi connectivity index (χ3v) is 5.55. The average molecular weight is 480 g/mol. The highest BCUT2D eigenvalue weighted by atomic mass is 32.2. The first kappa shape index (κ1) is 29.0. The van der Waals surface area contributed by atoms with Gasteiger partial charge in [0.2, 0.25) is 23.6 Å². The number of nitrogens with one attached hydrogen (secondary N) is 3. The quantitative estimate of drug-likeness (QED) is 0.155. The van der Waals surface area contributed by atoms with E-state index < -0.39 is 53.8 Å². The fraction of sp³-hybridized carbons (Fsp3) is 0.722. The summed E-state index contributed by atoms with van der Waals surface area (Å²) in [6.45, 7) is 1.43. The second-order valence-electron chi connectivity index (χ2n) is 6.87. The molecular weight excluding hydrogens is 446 g/mol. The molecule has 11 nitrogen and oxygen atoms in total. The molecule has 0 rings (SSSR count). The molecule has 0 radical (unpaired) electrons. The van der Waals surface area contributed by atoms with Gasteiger partial charge in [-0.05, 0) is 50.2 Å². The highest BCUT2D eigenvalue weighted by molar-refractivity contribution is 7.98. The SMILES string of the molecule is CSCCC(N)C(=O)NC(C)C(=O)NC(CCC(N)=O)C(=O)NC(CCSC)C(=O)O. The van der Waals surface area contributed by atoms with Gasteiger partial charge in [0.25, 0.3) is 0 Å². The Bertz CT molecular complexity index is 637. The van der Waals surface area contributed by atoms with Gasteiger partial charge in [-0.3, -0.25) is 19.2 Å². The molecule has 178 valence electrons. The predicted molar refractivity (Wildman–Crippen MR) is 122 cm³/mol. The number of thioether (sulfide) groups is 2. The molecule has 0 fully saturated rings. The lowest BCUT2D eigenvalue weighted by molar-refractivity contribution is -0.142. The molecule has 4 amide bonds. The van der Waals surface area contributed by atoms with Crippen molar-refractivity contribution in [1.82, 2.24) is 16.0 Å². The van der Waals surface area contributed by atoms with Gasteiger partial charge in [-0.2, -0.15) is 23.5 Å². The Morgan fingerprint density at radius 2 is 1.39 bits per heavy atom. The number of primary amides is 1. The maximum Gasteiger partial charge on any atom is 0.326 e. The van der Waals surface area contributed by atoms with E-state index in [0.717, 1.165) is 0 Å². The minimum absolute atomic E-state index is 0.115. The van der Waals surface area contributed by atoms with Crippen molar-refractivity contribution in [3.05, 3.63) is 0 Å². The summed E-state index contributed by atoms with van der Waals surface area (Å²) in [7, 11) is 0. The summed E-state index contributed by atoms with van der Waals surface area (Å²) in [4.78, 5) is 59.7. The highest BCUT2D eigenvalue weighted by Gasteiger charge is 2.28. The molecule has 0 aromatic heterocycles. The van der Waals surface area contributed by atoms with Crippen LogP contribution >= 0.6 is 23.5 Å². The molecule has 0 saturated carbocycles. The van der Waals surface area contributed by atoms with Crippen LogP contribution in [0.25, 0.3) is 0 Å². The number of amides is 4. The zero-order valence-corrected chi connectivity index (χ0v) is 19.6. The van der Waals surface area contributed by atoms with Crippen molar-refractivity contribution in [2.24, 2.45) is 11.5 Å². The van der Waals surface area contributed by atoms with Gasteiger partial charge >= 0.3 is 5.97 Å². The van der Waals surface area contributed by atoms with E-state index in [2.05, 4.69) is 16.0 Å². The summed E-state index contributed by atoms with van der Waals surface area (Å²) in [6.07, 6.45) is 4.01. The molecule has 0 spiro atoms. The van der Waals surface area contributed by atoms with E-state index >= 15 is 0 Å². The number of carbonyl (C=O) groups is 5. The molecule has 0 saturated heterocycles. The Morgan fingerprint density at radius 1 is 0.839 bits per heavy atom. The Morgan fingerprint density at radius 3 is 1.90 bits per heavy atom. The fourth-order valence-electron chi connectivity index (χ4n) is 2.38. The maximum atomic E-state index is 12.6. The molecule has 0 aliphatic heterocycles. The van der Waals surface area contributed by atoms with Crippen LogP contribution in [0.4, 0.5) is 0 Å². The Kier molecular flexibility index (Phi) is 14.7. The molecule has 0 aromatic rings. The summed E-state index contributed by atoms with van der Waals surface area (Å²) in [5.41, 5.74) is 10.9. The van der Waals surface area contributed by atoms with E-state index in [9.17, 15) is 29.1 Å². The van der Waals surface area contributed by atoms with Gasteiger partial charge in [0, 0.05) is 6.42 Å². The second-order valence-corrected chi connectivity index (χ2v) is 8.84. The molecule has 0 aliphatic carbocycles. The van der Waals surface area contributed by atoms with Crippen molar-refractivity contribution in [1.29, 1.82) is 0 Å². The molecule has 4 atom stereocenters. The van der Waals surface area contributed by atoms with Gasteiger partial charge < -0.3 is 32.5 Å². The van der Waals surface area contributed by atoms with Crippen LogP contribution in [-0.4, -0.2) is 82.9 Å². The smallest absolute Gasteiger partial charge is 0.326 e. The Balaban J connectivity index is 5.09. The second kappa shape index (κ2) is 15.8. The molecule has 0 bridgehead atoms. The summed E-state index contributed by atoms with van der Waals surface area (Å²) >= 11 is 2.97. The fourth-order valence-corrected chi connectivity index (χ4v) is 3.34. The highest BCUT2D eigenvalue weighted by Crippen LogP contribution is 2.05. The van der Waals surface area contributed by atoms with Crippen LogP contribution in [0.2, 0.25) is 0 Å². The third-order valence-electron chi connectivity index (χ3n) is 4.26. The zero-order valence-electron chi connectivity index (χ0n) is 18.0. The van der Waals surface area contributed by atoms with Gasteiger partial charge in [-0.15, -0.1) is 0 Å². The van der Waals surface area contributed by atoms with Gasteiger partial charge in [-0.1, -0.05) is 0 Å². The molecule has 0 heterocycles. The third kappa shape index (κ3) is 12.5. The van der Waals surface area contributed by atoms with Crippen molar-refractivity contribution in [2.45, 2.75) is 56.8 Å². The van der Waals surface area contributed by atoms with Crippen LogP contribution < -0.4 is 27.4 Å². The van der Waals surface area contributed by atoms with Crippen LogP contribution in [-0.2, 0) is 24.0 Å². The zero-order chi connectivity index (χ0) is 24.0. The Labute approximate surface area is 190 Å². The topological polar surface area (TPSA) is 194 Å². The minimum atomic E-state index is -1.21. The van der Waals surface area contributed by atoms with Crippen LogP contribution in [0.1, 0.15) is 32.6 Å². The van der Waals surface area contributed by atoms with Crippen LogP contribution in [0.5, 0.6) is 0 Å². The van der Waals surface area contributed by atoms with Crippen LogP contribution in [0.15, 0.2) is 0 Å². The van der Waals surface area contributed by atoms with E-state index in [4.69, 9.17) is 11.5 Å². The van der Waals surface area contributed by atoms with Crippen molar-refractivity contribution >= 4 is 53.1 Å².